The van der Waals surface area contributed by atoms with E-state index in [-0.39, 0.29) is 10.8 Å². The molecule has 0 atom stereocenters. The summed E-state index contributed by atoms with van der Waals surface area (Å²) in [5.74, 6) is 1.89. The minimum absolute atomic E-state index is 0.163. The van der Waals surface area contributed by atoms with E-state index < -0.39 is 0 Å². The summed E-state index contributed by atoms with van der Waals surface area (Å²) < 4.78 is 2.30. The van der Waals surface area contributed by atoms with Crippen LogP contribution in [-0.4, -0.2) is 19.5 Å². The van der Waals surface area contributed by atoms with Crippen molar-refractivity contribution in [3.05, 3.63) is 180 Å². The topological polar surface area (TPSA) is 43.6 Å². The Morgan fingerprint density at radius 1 is 0.364 bits per heavy atom. The van der Waals surface area contributed by atoms with E-state index in [0.29, 0.717) is 17.6 Å². The van der Waals surface area contributed by atoms with Crippen LogP contribution in [-0.2, 0) is 10.8 Å². The van der Waals surface area contributed by atoms with Gasteiger partial charge in [-0.25, -0.2) is 4.98 Å². The van der Waals surface area contributed by atoms with Crippen LogP contribution in [0.4, 0.5) is 0 Å². The van der Waals surface area contributed by atoms with E-state index in [4.69, 9.17) is 15.0 Å². The molecule has 4 heteroatoms. The fourth-order valence-corrected chi connectivity index (χ4v) is 9.37. The molecule has 0 radical (unpaired) electrons. The molecule has 55 heavy (non-hydrogen) atoms. The van der Waals surface area contributed by atoms with Crippen molar-refractivity contribution in [2.24, 2.45) is 0 Å². The third-order valence-electron chi connectivity index (χ3n) is 12.3. The highest BCUT2D eigenvalue weighted by atomic mass is 15.2. The Morgan fingerprint density at radius 3 is 1.27 bits per heavy atom. The molecule has 0 aliphatic heterocycles. The molecule has 0 unspecified atom stereocenters. The highest BCUT2D eigenvalue weighted by Gasteiger charge is 2.38. The monoisotopic (exact) mass is 706 g/mol. The molecule has 0 N–H and O–H groups in total. The van der Waals surface area contributed by atoms with Crippen LogP contribution in [0.25, 0.3) is 83.9 Å². The predicted octanol–water partition coefficient (Wildman–Crippen LogP) is 12.6. The molecule has 0 bridgehead atoms. The molecule has 2 aliphatic rings. The number of aromatic nitrogens is 4. The van der Waals surface area contributed by atoms with Gasteiger partial charge in [0.25, 0.3) is 0 Å². The maximum Gasteiger partial charge on any atom is 0.238 e. The number of benzene rings is 7. The normalized spacial score (nSPS) is 14.5. The highest BCUT2D eigenvalue weighted by Crippen LogP contribution is 2.54. The first-order valence-corrected chi connectivity index (χ1v) is 19.1. The van der Waals surface area contributed by atoms with Gasteiger partial charge in [0.1, 0.15) is 0 Å². The van der Waals surface area contributed by atoms with Crippen LogP contribution in [0.15, 0.2) is 158 Å². The molecule has 7 aromatic carbocycles. The van der Waals surface area contributed by atoms with E-state index in [0.717, 1.165) is 27.7 Å². The lowest BCUT2D eigenvalue weighted by atomic mass is 9.82. The largest absolute Gasteiger partial charge is 0.278 e. The zero-order valence-electron chi connectivity index (χ0n) is 31.3. The molecule has 4 nitrogen and oxygen atoms in total. The van der Waals surface area contributed by atoms with Gasteiger partial charge in [0.2, 0.25) is 5.95 Å². The van der Waals surface area contributed by atoms with Crippen molar-refractivity contribution in [3.8, 4) is 62.1 Å². The molecule has 262 valence electrons. The van der Waals surface area contributed by atoms with Gasteiger partial charge in [-0.15, -0.1) is 0 Å². The SMILES string of the molecule is CC1(C)c2ccccc2-c2cc3c4cc5c(cc4n(-c4nc(-c6ccccc6)nc(-c6ccc(-c7ccccc7)cc6)n4)c3cc21)C(C)(C)c1ccccc1-5. The summed E-state index contributed by atoms with van der Waals surface area (Å²) in [5, 5.41) is 2.39. The van der Waals surface area contributed by atoms with E-state index in [1.807, 2.05) is 24.3 Å². The summed E-state index contributed by atoms with van der Waals surface area (Å²) in [6.07, 6.45) is 0. The summed E-state index contributed by atoms with van der Waals surface area (Å²) in [4.78, 5) is 15.8. The highest BCUT2D eigenvalue weighted by molar-refractivity contribution is 6.13. The van der Waals surface area contributed by atoms with Crippen molar-refractivity contribution in [1.82, 2.24) is 19.5 Å². The molecule has 0 saturated heterocycles. The van der Waals surface area contributed by atoms with Gasteiger partial charge in [0.15, 0.2) is 11.6 Å². The van der Waals surface area contributed by atoms with Gasteiger partial charge in [0.05, 0.1) is 11.0 Å². The summed E-state index contributed by atoms with van der Waals surface area (Å²) in [6, 6.07) is 56.7. The number of fused-ring (bicyclic) bond motifs is 9. The molecule has 9 aromatic rings. The maximum atomic E-state index is 5.35. The van der Waals surface area contributed by atoms with E-state index >= 15 is 0 Å². The molecule has 2 aromatic heterocycles. The molecule has 0 saturated carbocycles. The van der Waals surface area contributed by atoms with Crippen LogP contribution in [0.2, 0.25) is 0 Å². The third kappa shape index (κ3) is 4.61. The van der Waals surface area contributed by atoms with E-state index in [9.17, 15) is 0 Å². The molecule has 0 amide bonds. The Morgan fingerprint density at radius 2 is 0.764 bits per heavy atom. The molecule has 11 rings (SSSR count). The predicted molar refractivity (Wildman–Crippen MR) is 226 cm³/mol. The van der Waals surface area contributed by atoms with Crippen molar-refractivity contribution in [2.45, 2.75) is 38.5 Å². The van der Waals surface area contributed by atoms with E-state index in [1.54, 1.807) is 0 Å². The lowest BCUT2D eigenvalue weighted by molar-refractivity contribution is 0.660. The lowest BCUT2D eigenvalue weighted by Crippen LogP contribution is -2.15. The van der Waals surface area contributed by atoms with Crippen molar-refractivity contribution in [3.63, 3.8) is 0 Å². The van der Waals surface area contributed by atoms with Crippen molar-refractivity contribution < 1.29 is 0 Å². The zero-order valence-corrected chi connectivity index (χ0v) is 31.3. The number of rotatable bonds is 4. The summed E-state index contributed by atoms with van der Waals surface area (Å²) in [5.41, 5.74) is 16.7. The third-order valence-corrected chi connectivity index (χ3v) is 12.3. The second kappa shape index (κ2) is 11.4. The smallest absolute Gasteiger partial charge is 0.238 e. The van der Waals surface area contributed by atoms with Gasteiger partial charge in [-0.05, 0) is 79.9 Å². The minimum Gasteiger partial charge on any atom is -0.278 e. The minimum atomic E-state index is -0.163. The molecule has 0 fully saturated rings. The summed E-state index contributed by atoms with van der Waals surface area (Å²) in [7, 11) is 0. The lowest BCUT2D eigenvalue weighted by Gasteiger charge is -2.22. The fourth-order valence-electron chi connectivity index (χ4n) is 9.37. The Bertz CT molecular complexity index is 2890. The summed E-state index contributed by atoms with van der Waals surface area (Å²) in [6.45, 7) is 9.38. The maximum absolute atomic E-state index is 5.35. The average Bonchev–Trinajstić information content (AvgIpc) is 3.76. The standard InChI is InChI=1S/C51H38N4/c1-50(2)41-21-13-11-19-35(41)37-27-39-40-28-38-36-20-12-14-22-42(36)51(3,4)44(38)30-46(40)55(45(39)29-43(37)50)49-53-47(33-17-9-6-10-18-33)52-48(54-49)34-25-23-32(24-26-34)31-15-7-5-8-16-31/h5-30H,1-4H3. The van der Waals surface area contributed by atoms with Crippen LogP contribution >= 0.6 is 0 Å². The molecule has 2 aliphatic carbocycles. The second-order valence-electron chi connectivity index (χ2n) is 16.1. The molecule has 2 heterocycles. The first-order chi connectivity index (χ1) is 26.8. The Hall–Kier alpha value is -6.65. The van der Waals surface area contributed by atoms with Crippen LogP contribution in [0.3, 0.4) is 0 Å². The van der Waals surface area contributed by atoms with Crippen molar-refractivity contribution >= 4 is 21.8 Å². The van der Waals surface area contributed by atoms with Gasteiger partial charge in [0, 0.05) is 32.7 Å². The van der Waals surface area contributed by atoms with Crippen LogP contribution in [0.5, 0.6) is 0 Å². The van der Waals surface area contributed by atoms with Gasteiger partial charge in [-0.1, -0.05) is 161 Å². The van der Waals surface area contributed by atoms with Crippen molar-refractivity contribution in [2.75, 3.05) is 0 Å². The Kier molecular flexibility index (Phi) is 6.61. The molecular formula is C51H38N4. The van der Waals surface area contributed by atoms with Crippen LogP contribution in [0.1, 0.15) is 49.9 Å². The number of hydrogen-bond donors (Lipinski definition) is 0. The molecule has 0 spiro atoms. The number of nitrogens with zero attached hydrogens (tertiary/aromatic N) is 4. The average molecular weight is 707 g/mol. The van der Waals surface area contributed by atoms with E-state index in [2.05, 4.69) is 166 Å². The van der Waals surface area contributed by atoms with Crippen LogP contribution in [0, 0.1) is 0 Å². The van der Waals surface area contributed by atoms with Crippen LogP contribution < -0.4 is 0 Å². The molecular weight excluding hydrogens is 669 g/mol. The first-order valence-electron chi connectivity index (χ1n) is 19.1. The van der Waals surface area contributed by atoms with Gasteiger partial charge in [-0.3, -0.25) is 4.57 Å². The van der Waals surface area contributed by atoms with E-state index in [1.165, 1.54) is 60.8 Å². The second-order valence-corrected chi connectivity index (χ2v) is 16.1. The van der Waals surface area contributed by atoms with Gasteiger partial charge < -0.3 is 0 Å². The van der Waals surface area contributed by atoms with Gasteiger partial charge >= 0.3 is 0 Å². The van der Waals surface area contributed by atoms with Gasteiger partial charge in [-0.2, -0.15) is 9.97 Å². The Balaban J connectivity index is 1.21. The fraction of sp³-hybridized carbons (Fsp3) is 0.118. The summed E-state index contributed by atoms with van der Waals surface area (Å²) >= 11 is 0. The van der Waals surface area contributed by atoms with Crippen molar-refractivity contribution in [1.29, 1.82) is 0 Å². The Labute approximate surface area is 320 Å². The quantitative estimate of drug-likeness (QED) is 0.183. The first kappa shape index (κ1) is 31.8. The zero-order chi connectivity index (χ0) is 37.1. The number of hydrogen-bond acceptors (Lipinski definition) is 3.